The molecule has 2 heteroatoms. The average Bonchev–Trinajstić information content (AvgIpc) is 2.72. The first-order chi connectivity index (χ1) is 5.95. The molecule has 13 heavy (non-hydrogen) atoms. The second kappa shape index (κ2) is 2.68. The van der Waals surface area contributed by atoms with Gasteiger partial charge in [-0.15, -0.1) is 0 Å². The molecule has 0 aliphatic heterocycles. The summed E-state index contributed by atoms with van der Waals surface area (Å²) >= 11 is 0. The predicted octanol–water partition coefficient (Wildman–Crippen LogP) is 3.86. The highest BCUT2D eigenvalue weighted by atomic mass is 19.3. The smallest absolute Gasteiger partial charge is 0.207 e. The first kappa shape index (κ1) is 9.42. The van der Waals surface area contributed by atoms with Gasteiger partial charge in [0.15, 0.2) is 0 Å². The fourth-order valence-electron chi connectivity index (χ4n) is 3.01. The first-order valence-corrected chi connectivity index (χ1v) is 5.33. The highest BCUT2D eigenvalue weighted by Gasteiger charge is 2.58. The predicted molar refractivity (Wildman–Crippen MR) is 48.8 cm³/mol. The standard InChI is InChI=1S/C11H18F2/c1-8(2)9-7-10(9)3-5-11(12,13)6-4-10/h8-9H,3-7H2,1-2H3/t9-/m1/s1. The summed E-state index contributed by atoms with van der Waals surface area (Å²) in [5, 5.41) is 0. The van der Waals surface area contributed by atoms with Gasteiger partial charge in [-0.05, 0) is 36.5 Å². The van der Waals surface area contributed by atoms with Gasteiger partial charge in [0.1, 0.15) is 0 Å². The summed E-state index contributed by atoms with van der Waals surface area (Å²) in [5.41, 5.74) is 0.343. The maximum atomic E-state index is 12.9. The lowest BCUT2D eigenvalue weighted by molar-refractivity contribution is -0.0526. The number of rotatable bonds is 1. The average molecular weight is 188 g/mol. The van der Waals surface area contributed by atoms with Gasteiger partial charge in [0.05, 0.1) is 0 Å². The molecular weight excluding hydrogens is 170 g/mol. The normalized spacial score (nSPS) is 35.3. The van der Waals surface area contributed by atoms with E-state index in [0.717, 1.165) is 18.8 Å². The van der Waals surface area contributed by atoms with Gasteiger partial charge in [-0.25, -0.2) is 8.78 Å². The SMILES string of the molecule is CC(C)[C@H]1CC12CCC(F)(F)CC2. The van der Waals surface area contributed by atoms with E-state index in [0.29, 0.717) is 11.3 Å². The van der Waals surface area contributed by atoms with E-state index < -0.39 is 5.92 Å². The number of alkyl halides is 2. The number of hydrogen-bond acceptors (Lipinski definition) is 0. The summed E-state index contributed by atoms with van der Waals surface area (Å²) in [6.45, 7) is 4.43. The molecule has 0 heterocycles. The van der Waals surface area contributed by atoms with Crippen molar-refractivity contribution in [3.63, 3.8) is 0 Å². The Kier molecular flexibility index (Phi) is 1.94. The second-order valence-corrected chi connectivity index (χ2v) is 5.27. The Hall–Kier alpha value is -0.140. The van der Waals surface area contributed by atoms with Crippen LogP contribution in [0.4, 0.5) is 8.78 Å². The quantitative estimate of drug-likeness (QED) is 0.586. The van der Waals surface area contributed by atoms with Crippen molar-refractivity contribution in [2.75, 3.05) is 0 Å². The maximum absolute atomic E-state index is 12.9. The molecule has 1 atom stereocenters. The Morgan fingerprint density at radius 2 is 1.62 bits per heavy atom. The molecule has 0 unspecified atom stereocenters. The zero-order valence-electron chi connectivity index (χ0n) is 8.45. The molecule has 76 valence electrons. The van der Waals surface area contributed by atoms with Crippen LogP contribution in [0, 0.1) is 17.3 Å². The summed E-state index contributed by atoms with van der Waals surface area (Å²) in [5.74, 6) is -0.926. The van der Waals surface area contributed by atoms with Crippen LogP contribution in [0.1, 0.15) is 46.0 Å². The lowest BCUT2D eigenvalue weighted by atomic mass is 9.80. The van der Waals surface area contributed by atoms with E-state index >= 15 is 0 Å². The molecule has 0 bridgehead atoms. The summed E-state index contributed by atoms with van der Waals surface area (Å²) in [6.07, 6.45) is 3.01. The van der Waals surface area contributed by atoms with E-state index in [9.17, 15) is 8.78 Å². The summed E-state index contributed by atoms with van der Waals surface area (Å²) in [7, 11) is 0. The third-order valence-corrected chi connectivity index (χ3v) is 4.03. The van der Waals surface area contributed by atoms with Gasteiger partial charge in [0, 0.05) is 12.8 Å². The fourth-order valence-corrected chi connectivity index (χ4v) is 3.01. The van der Waals surface area contributed by atoms with Crippen molar-refractivity contribution >= 4 is 0 Å². The molecule has 0 nitrogen and oxygen atoms in total. The molecule has 0 aromatic carbocycles. The molecule has 2 saturated carbocycles. The fraction of sp³-hybridized carbons (Fsp3) is 1.00. The first-order valence-electron chi connectivity index (χ1n) is 5.33. The minimum Gasteiger partial charge on any atom is -0.207 e. The molecule has 2 rings (SSSR count). The van der Waals surface area contributed by atoms with E-state index in [4.69, 9.17) is 0 Å². The van der Waals surface area contributed by atoms with Crippen LogP contribution in [0.3, 0.4) is 0 Å². The third-order valence-electron chi connectivity index (χ3n) is 4.03. The van der Waals surface area contributed by atoms with Crippen molar-refractivity contribution in [3.8, 4) is 0 Å². The van der Waals surface area contributed by atoms with Gasteiger partial charge in [0.25, 0.3) is 0 Å². The lowest BCUT2D eigenvalue weighted by Crippen LogP contribution is -2.26. The van der Waals surface area contributed by atoms with Crippen molar-refractivity contribution in [1.29, 1.82) is 0 Å². The molecule has 2 fully saturated rings. The van der Waals surface area contributed by atoms with Crippen LogP contribution >= 0.6 is 0 Å². The van der Waals surface area contributed by atoms with Gasteiger partial charge in [-0.3, -0.25) is 0 Å². The van der Waals surface area contributed by atoms with E-state index in [1.165, 1.54) is 6.42 Å². The summed E-state index contributed by atoms with van der Waals surface area (Å²) < 4.78 is 25.8. The summed E-state index contributed by atoms with van der Waals surface area (Å²) in [6, 6.07) is 0. The molecule has 0 N–H and O–H groups in total. The lowest BCUT2D eigenvalue weighted by Gasteiger charge is -2.29. The molecule has 0 aromatic rings. The van der Waals surface area contributed by atoms with Crippen LogP contribution in [-0.2, 0) is 0 Å². The minimum absolute atomic E-state index is 0.135. The highest BCUT2D eigenvalue weighted by Crippen LogP contribution is 2.65. The van der Waals surface area contributed by atoms with Crippen LogP contribution < -0.4 is 0 Å². The summed E-state index contributed by atoms with van der Waals surface area (Å²) in [4.78, 5) is 0. The highest BCUT2D eigenvalue weighted by molar-refractivity contribution is 5.06. The Bertz CT molecular complexity index is 198. The zero-order chi connectivity index (χ0) is 9.69. The molecule has 1 spiro atoms. The van der Waals surface area contributed by atoms with Crippen LogP contribution in [0.15, 0.2) is 0 Å². The van der Waals surface area contributed by atoms with Gasteiger partial charge in [-0.2, -0.15) is 0 Å². The van der Waals surface area contributed by atoms with Crippen molar-refractivity contribution in [1.82, 2.24) is 0 Å². The van der Waals surface area contributed by atoms with Gasteiger partial charge >= 0.3 is 0 Å². The molecule has 0 saturated heterocycles. The third kappa shape index (κ3) is 1.60. The van der Waals surface area contributed by atoms with Crippen molar-refractivity contribution in [2.45, 2.75) is 51.9 Å². The van der Waals surface area contributed by atoms with Crippen molar-refractivity contribution < 1.29 is 8.78 Å². The Morgan fingerprint density at radius 1 is 1.08 bits per heavy atom. The second-order valence-electron chi connectivity index (χ2n) is 5.27. The van der Waals surface area contributed by atoms with Crippen LogP contribution in [0.25, 0.3) is 0 Å². The van der Waals surface area contributed by atoms with Crippen LogP contribution in [0.2, 0.25) is 0 Å². The number of hydrogen-bond donors (Lipinski definition) is 0. The van der Waals surface area contributed by atoms with E-state index in [2.05, 4.69) is 13.8 Å². The monoisotopic (exact) mass is 188 g/mol. The molecule has 2 aliphatic rings. The minimum atomic E-state index is -2.35. The van der Waals surface area contributed by atoms with Crippen LogP contribution in [-0.4, -0.2) is 5.92 Å². The van der Waals surface area contributed by atoms with Crippen molar-refractivity contribution in [2.24, 2.45) is 17.3 Å². The van der Waals surface area contributed by atoms with Gasteiger partial charge < -0.3 is 0 Å². The zero-order valence-corrected chi connectivity index (χ0v) is 8.45. The van der Waals surface area contributed by atoms with Gasteiger partial charge in [-0.1, -0.05) is 13.8 Å². The Balaban J connectivity index is 1.93. The van der Waals surface area contributed by atoms with E-state index in [1.807, 2.05) is 0 Å². The van der Waals surface area contributed by atoms with E-state index in [-0.39, 0.29) is 12.8 Å². The van der Waals surface area contributed by atoms with Gasteiger partial charge in [0.2, 0.25) is 5.92 Å². The van der Waals surface area contributed by atoms with Crippen molar-refractivity contribution in [3.05, 3.63) is 0 Å². The van der Waals surface area contributed by atoms with Crippen LogP contribution in [0.5, 0.6) is 0 Å². The Labute approximate surface area is 78.7 Å². The Morgan fingerprint density at radius 3 is 2.00 bits per heavy atom. The number of halogens is 2. The molecular formula is C11H18F2. The van der Waals surface area contributed by atoms with E-state index in [1.54, 1.807) is 0 Å². The largest absolute Gasteiger partial charge is 0.248 e. The molecule has 0 radical (unpaired) electrons. The topological polar surface area (TPSA) is 0 Å². The maximum Gasteiger partial charge on any atom is 0.248 e. The molecule has 2 aliphatic carbocycles. The molecule has 0 amide bonds. The molecule has 0 aromatic heterocycles.